The van der Waals surface area contributed by atoms with E-state index >= 15 is 0 Å². The first kappa shape index (κ1) is 31.8. The number of aromatic nitrogens is 2. The third-order valence-electron chi connectivity index (χ3n) is 5.86. The standard InChI is InChI=1S/C28H42N2O7S/c1-5-8-16-33-20-28(15-7-3,36-21-30-18-23(4)26(31)29-27(30)32)25(35-17-9-6-2)19-34-22-38-37-24-13-11-10-12-14-24/h7,10-14,18,25H,3,5-6,8-9,15-17,19-22H2,1-2,4H3,(H,29,31,32)/t25?,28-/m1/s1. The number of ether oxygens (including phenoxy) is 4. The average molecular weight is 551 g/mol. The summed E-state index contributed by atoms with van der Waals surface area (Å²) >= 11 is 1.19. The first-order valence-corrected chi connectivity index (χ1v) is 14.0. The van der Waals surface area contributed by atoms with Crippen LogP contribution in [0.4, 0.5) is 0 Å². The van der Waals surface area contributed by atoms with Crippen molar-refractivity contribution in [1.29, 1.82) is 0 Å². The molecule has 9 nitrogen and oxygen atoms in total. The first-order chi connectivity index (χ1) is 18.5. The van der Waals surface area contributed by atoms with Crippen molar-refractivity contribution in [2.24, 2.45) is 0 Å². The predicted octanol–water partition coefficient (Wildman–Crippen LogP) is 4.84. The monoisotopic (exact) mass is 550 g/mol. The number of hydrogen-bond donors (Lipinski definition) is 1. The van der Waals surface area contributed by atoms with Gasteiger partial charge in [-0.25, -0.2) is 4.79 Å². The zero-order valence-corrected chi connectivity index (χ0v) is 23.6. The lowest BCUT2D eigenvalue weighted by atomic mass is 9.93. The fraction of sp³-hybridized carbons (Fsp3) is 0.571. The zero-order chi connectivity index (χ0) is 27.6. The van der Waals surface area contributed by atoms with Gasteiger partial charge in [0.25, 0.3) is 5.56 Å². The van der Waals surface area contributed by atoms with Gasteiger partial charge in [0.15, 0.2) is 0 Å². The summed E-state index contributed by atoms with van der Waals surface area (Å²) in [4.78, 5) is 26.6. The van der Waals surface area contributed by atoms with Gasteiger partial charge in [-0.15, -0.1) is 6.58 Å². The molecule has 1 unspecified atom stereocenters. The van der Waals surface area contributed by atoms with Crippen molar-refractivity contribution in [2.45, 2.75) is 71.3 Å². The van der Waals surface area contributed by atoms with E-state index in [1.807, 2.05) is 30.3 Å². The second kappa shape index (κ2) is 18.0. The highest BCUT2D eigenvalue weighted by Crippen LogP contribution is 2.27. The van der Waals surface area contributed by atoms with Crippen LogP contribution in [0.2, 0.25) is 0 Å². The second-order valence-corrected chi connectivity index (χ2v) is 9.63. The summed E-state index contributed by atoms with van der Waals surface area (Å²) in [5.41, 5.74) is -1.53. The van der Waals surface area contributed by atoms with Gasteiger partial charge in [0, 0.05) is 25.0 Å². The Bertz CT molecular complexity index is 1040. The minimum Gasteiger partial charge on any atom is -0.423 e. The van der Waals surface area contributed by atoms with Gasteiger partial charge in [-0.1, -0.05) is 51.0 Å². The normalized spacial score (nSPS) is 13.7. The predicted molar refractivity (Wildman–Crippen MR) is 151 cm³/mol. The molecule has 2 atom stereocenters. The Morgan fingerprint density at radius 2 is 1.84 bits per heavy atom. The molecular formula is C28H42N2O7S. The molecule has 10 heteroatoms. The summed E-state index contributed by atoms with van der Waals surface area (Å²) in [6.45, 7) is 11.2. The molecule has 0 fully saturated rings. The van der Waals surface area contributed by atoms with Crippen LogP contribution in [0.15, 0.2) is 58.8 Å². The molecule has 1 N–H and O–H groups in total. The molecule has 1 aromatic carbocycles. The van der Waals surface area contributed by atoms with Gasteiger partial charge in [-0.05, 0) is 38.3 Å². The summed E-state index contributed by atoms with van der Waals surface area (Å²) in [7, 11) is 0. The SMILES string of the molecule is C=CC[C@](COCCCC)(OCn1cc(C)c(=O)[nH]c1=O)C(COCSOc1ccccc1)OCCCC. The first-order valence-electron chi connectivity index (χ1n) is 13.1. The van der Waals surface area contributed by atoms with Gasteiger partial charge >= 0.3 is 5.69 Å². The molecule has 1 heterocycles. The number of H-pyrrole nitrogens is 1. The number of unbranched alkanes of at least 4 members (excludes halogenated alkanes) is 2. The Balaban J connectivity index is 2.20. The summed E-state index contributed by atoms with van der Waals surface area (Å²) in [6.07, 6.45) is 6.90. The van der Waals surface area contributed by atoms with Crippen LogP contribution < -0.4 is 15.4 Å². The largest absolute Gasteiger partial charge is 0.423 e. The van der Waals surface area contributed by atoms with E-state index in [9.17, 15) is 9.59 Å². The van der Waals surface area contributed by atoms with Crippen molar-refractivity contribution in [3.8, 4) is 5.75 Å². The number of benzene rings is 1. The number of nitrogens with zero attached hydrogens (tertiary/aromatic N) is 1. The molecule has 0 spiro atoms. The van der Waals surface area contributed by atoms with Crippen LogP contribution in [0.1, 0.15) is 51.5 Å². The van der Waals surface area contributed by atoms with Crippen LogP contribution in [0, 0.1) is 6.92 Å². The van der Waals surface area contributed by atoms with E-state index in [2.05, 4.69) is 25.4 Å². The topological polar surface area (TPSA) is 101 Å². The van der Waals surface area contributed by atoms with E-state index in [1.54, 1.807) is 13.0 Å². The number of hydrogen-bond acceptors (Lipinski definition) is 8. The molecule has 212 valence electrons. The van der Waals surface area contributed by atoms with Crippen molar-refractivity contribution in [3.05, 3.63) is 75.6 Å². The molecule has 0 bridgehead atoms. The molecule has 0 aliphatic carbocycles. The molecule has 0 amide bonds. The van der Waals surface area contributed by atoms with Crippen LogP contribution in [-0.4, -0.2) is 53.6 Å². The van der Waals surface area contributed by atoms with Gasteiger partial charge in [0.05, 0.1) is 25.3 Å². The van der Waals surface area contributed by atoms with Crippen LogP contribution in [0.5, 0.6) is 5.75 Å². The number of para-hydroxylation sites is 1. The van der Waals surface area contributed by atoms with Crippen molar-refractivity contribution in [2.75, 3.05) is 32.4 Å². The maximum absolute atomic E-state index is 12.4. The highest BCUT2D eigenvalue weighted by atomic mass is 32.2. The van der Waals surface area contributed by atoms with E-state index in [4.69, 9.17) is 23.1 Å². The maximum Gasteiger partial charge on any atom is 0.330 e. The van der Waals surface area contributed by atoms with Crippen LogP contribution in [-0.2, 0) is 25.7 Å². The minimum atomic E-state index is -0.975. The quantitative estimate of drug-likeness (QED) is 0.102. The van der Waals surface area contributed by atoms with Gasteiger partial charge in [-0.2, -0.15) is 0 Å². The lowest BCUT2D eigenvalue weighted by Crippen LogP contribution is -2.53. The highest BCUT2D eigenvalue weighted by molar-refractivity contribution is 7.94. The van der Waals surface area contributed by atoms with E-state index in [1.165, 1.54) is 22.8 Å². The molecule has 38 heavy (non-hydrogen) atoms. The number of nitrogens with one attached hydrogen (secondary N) is 1. The summed E-state index contributed by atoms with van der Waals surface area (Å²) in [5, 5.41) is 0. The van der Waals surface area contributed by atoms with E-state index in [-0.39, 0.29) is 25.9 Å². The van der Waals surface area contributed by atoms with E-state index in [0.29, 0.717) is 25.2 Å². The second-order valence-electron chi connectivity index (χ2n) is 8.99. The van der Waals surface area contributed by atoms with Crippen LogP contribution in [0.3, 0.4) is 0 Å². The zero-order valence-electron chi connectivity index (χ0n) is 22.8. The molecule has 2 rings (SSSR count). The lowest BCUT2D eigenvalue weighted by molar-refractivity contribution is -0.204. The van der Waals surface area contributed by atoms with Gasteiger partial charge in [0.2, 0.25) is 0 Å². The molecule has 0 saturated carbocycles. The van der Waals surface area contributed by atoms with Gasteiger partial charge < -0.3 is 23.1 Å². The summed E-state index contributed by atoms with van der Waals surface area (Å²) < 4.78 is 31.7. The van der Waals surface area contributed by atoms with E-state index in [0.717, 1.165) is 31.4 Å². The highest BCUT2D eigenvalue weighted by Gasteiger charge is 2.41. The van der Waals surface area contributed by atoms with Crippen molar-refractivity contribution >= 4 is 12.0 Å². The Morgan fingerprint density at radius 3 is 2.55 bits per heavy atom. The molecule has 0 saturated heterocycles. The van der Waals surface area contributed by atoms with E-state index < -0.39 is 23.0 Å². The van der Waals surface area contributed by atoms with Gasteiger partial charge in [0.1, 0.15) is 30.1 Å². The Kier molecular flexibility index (Phi) is 15.1. The Morgan fingerprint density at radius 1 is 1.11 bits per heavy atom. The van der Waals surface area contributed by atoms with Crippen LogP contribution >= 0.6 is 12.0 Å². The Hall–Kier alpha value is -2.37. The number of aryl methyl sites for hydroxylation is 1. The van der Waals surface area contributed by atoms with Crippen molar-refractivity contribution in [1.82, 2.24) is 9.55 Å². The average Bonchev–Trinajstić information content (AvgIpc) is 2.91. The smallest absolute Gasteiger partial charge is 0.330 e. The lowest BCUT2D eigenvalue weighted by Gasteiger charge is -2.39. The molecule has 0 aliphatic rings. The van der Waals surface area contributed by atoms with Crippen molar-refractivity contribution in [3.63, 3.8) is 0 Å². The number of aromatic amines is 1. The van der Waals surface area contributed by atoms with Crippen molar-refractivity contribution < 1.29 is 23.1 Å². The maximum atomic E-state index is 12.4. The number of rotatable bonds is 21. The van der Waals surface area contributed by atoms with Gasteiger partial charge in [-0.3, -0.25) is 14.3 Å². The minimum absolute atomic E-state index is 0.0963. The molecule has 1 aromatic heterocycles. The van der Waals surface area contributed by atoms with Crippen LogP contribution in [0.25, 0.3) is 0 Å². The summed E-state index contributed by atoms with van der Waals surface area (Å²) in [5.74, 6) is 1.02. The molecular weight excluding hydrogens is 508 g/mol. The summed E-state index contributed by atoms with van der Waals surface area (Å²) in [6, 6.07) is 9.49. The third-order valence-corrected chi connectivity index (χ3v) is 6.43. The molecule has 0 radical (unpaired) electrons. The fourth-order valence-corrected chi connectivity index (χ4v) is 4.06. The molecule has 0 aliphatic heterocycles. The Labute approximate surface area is 229 Å². The third kappa shape index (κ3) is 10.8. The molecule has 2 aromatic rings. The fourth-order valence-electron chi connectivity index (χ4n) is 3.60.